The van der Waals surface area contributed by atoms with Crippen LogP contribution in [0.5, 0.6) is 0 Å². The van der Waals surface area contributed by atoms with Gasteiger partial charge in [-0.2, -0.15) is 0 Å². The van der Waals surface area contributed by atoms with E-state index in [9.17, 15) is 19.7 Å². The lowest BCUT2D eigenvalue weighted by molar-refractivity contribution is -0.384. The highest BCUT2D eigenvalue weighted by atomic mass is 32.2. The molecule has 1 aliphatic heterocycles. The van der Waals surface area contributed by atoms with Crippen molar-refractivity contribution in [1.29, 1.82) is 0 Å². The first-order valence-corrected chi connectivity index (χ1v) is 11.8. The number of benzene rings is 1. The average Bonchev–Trinajstić information content (AvgIpc) is 3.53. The summed E-state index contributed by atoms with van der Waals surface area (Å²) in [6, 6.07) is 9.19. The van der Waals surface area contributed by atoms with Crippen LogP contribution in [-0.2, 0) is 11.3 Å². The van der Waals surface area contributed by atoms with E-state index < -0.39 is 4.92 Å². The molecule has 2 aromatic heterocycles. The molecule has 1 fully saturated rings. The van der Waals surface area contributed by atoms with E-state index in [1.807, 2.05) is 0 Å². The van der Waals surface area contributed by atoms with Gasteiger partial charge in [0.1, 0.15) is 5.76 Å². The van der Waals surface area contributed by atoms with Gasteiger partial charge in [0, 0.05) is 43.9 Å². The van der Waals surface area contributed by atoms with E-state index in [-0.39, 0.29) is 23.3 Å². The van der Waals surface area contributed by atoms with Crippen LogP contribution in [0.2, 0.25) is 0 Å². The second-order valence-corrected chi connectivity index (χ2v) is 9.26. The van der Waals surface area contributed by atoms with Crippen molar-refractivity contribution in [3.8, 4) is 0 Å². The molecular formula is C20H20N6O5S2. The number of nitrogens with one attached hydrogen (secondary N) is 1. The van der Waals surface area contributed by atoms with Gasteiger partial charge in [-0.3, -0.25) is 19.7 Å². The van der Waals surface area contributed by atoms with Gasteiger partial charge in [0.25, 0.3) is 11.6 Å². The third kappa shape index (κ3) is 5.87. The number of amides is 2. The molecule has 0 unspecified atom stereocenters. The van der Waals surface area contributed by atoms with Crippen LogP contribution in [0.1, 0.15) is 16.1 Å². The second-order valence-electron chi connectivity index (χ2n) is 7.08. The smallest absolute Gasteiger partial charge is 0.269 e. The number of carbonyl (C=O) groups is 2. The Bertz CT molecular complexity index is 1110. The third-order valence-electron chi connectivity index (χ3n) is 4.92. The van der Waals surface area contributed by atoms with Crippen molar-refractivity contribution in [2.75, 3.05) is 36.8 Å². The number of hydrogen-bond acceptors (Lipinski definition) is 10. The summed E-state index contributed by atoms with van der Waals surface area (Å²) in [6.07, 6.45) is 1.56. The predicted octanol–water partition coefficient (Wildman–Crippen LogP) is 2.41. The van der Waals surface area contributed by atoms with Crippen molar-refractivity contribution in [3.63, 3.8) is 0 Å². The summed E-state index contributed by atoms with van der Waals surface area (Å²) in [5, 5.41) is 22.7. The number of hydrogen-bond donors (Lipinski definition) is 1. The average molecular weight is 489 g/mol. The van der Waals surface area contributed by atoms with Crippen molar-refractivity contribution in [1.82, 2.24) is 20.4 Å². The lowest BCUT2D eigenvalue weighted by atomic mass is 10.1. The molecule has 2 amide bonds. The van der Waals surface area contributed by atoms with Crippen molar-refractivity contribution in [2.24, 2.45) is 0 Å². The van der Waals surface area contributed by atoms with E-state index in [2.05, 4.69) is 20.4 Å². The molecule has 0 saturated carbocycles. The molecule has 1 saturated heterocycles. The van der Waals surface area contributed by atoms with Gasteiger partial charge in [0.05, 0.1) is 23.5 Å². The zero-order valence-electron chi connectivity index (χ0n) is 17.4. The predicted molar refractivity (Wildman–Crippen MR) is 122 cm³/mol. The molecule has 1 N–H and O–H groups in total. The van der Waals surface area contributed by atoms with Crippen LogP contribution in [0, 0.1) is 10.1 Å². The van der Waals surface area contributed by atoms with Crippen molar-refractivity contribution >= 4 is 45.7 Å². The SMILES string of the molecule is O=C(CSc1nnc(N2CCN(C(=O)c3ccc([N+](=O)[O-])cc3)CC2)s1)NCc1ccco1. The Morgan fingerprint density at radius 3 is 2.58 bits per heavy atom. The monoisotopic (exact) mass is 488 g/mol. The molecule has 0 radical (unpaired) electrons. The number of nitro benzene ring substituents is 1. The van der Waals surface area contributed by atoms with Gasteiger partial charge in [-0.15, -0.1) is 10.2 Å². The molecule has 0 bridgehead atoms. The summed E-state index contributed by atoms with van der Waals surface area (Å²) in [7, 11) is 0. The van der Waals surface area contributed by atoms with E-state index in [1.54, 1.807) is 23.3 Å². The van der Waals surface area contributed by atoms with Gasteiger partial charge in [0.2, 0.25) is 11.0 Å². The van der Waals surface area contributed by atoms with Crippen LogP contribution in [0.15, 0.2) is 51.4 Å². The molecular weight excluding hydrogens is 468 g/mol. The summed E-state index contributed by atoms with van der Waals surface area (Å²) in [4.78, 5) is 38.7. The van der Waals surface area contributed by atoms with Gasteiger partial charge in [0.15, 0.2) is 4.34 Å². The minimum absolute atomic E-state index is 0.0451. The summed E-state index contributed by atoms with van der Waals surface area (Å²) in [5.41, 5.74) is 0.380. The maximum Gasteiger partial charge on any atom is 0.269 e. The van der Waals surface area contributed by atoms with E-state index in [0.717, 1.165) is 5.13 Å². The molecule has 1 aliphatic rings. The Labute approximate surface area is 196 Å². The fourth-order valence-electron chi connectivity index (χ4n) is 3.17. The Balaban J connectivity index is 1.23. The number of non-ortho nitro benzene ring substituents is 1. The van der Waals surface area contributed by atoms with Crippen LogP contribution in [0.25, 0.3) is 0 Å². The number of nitro groups is 1. The number of nitrogens with zero attached hydrogens (tertiary/aromatic N) is 5. The highest BCUT2D eigenvalue weighted by molar-refractivity contribution is 8.01. The first kappa shape index (κ1) is 22.7. The van der Waals surface area contributed by atoms with Crippen molar-refractivity contribution in [3.05, 3.63) is 64.1 Å². The Kier molecular flexibility index (Phi) is 7.19. The molecule has 172 valence electrons. The molecule has 1 aromatic carbocycles. The molecule has 11 nitrogen and oxygen atoms in total. The molecule has 0 atom stereocenters. The van der Waals surface area contributed by atoms with Crippen LogP contribution in [0.4, 0.5) is 10.8 Å². The number of piperazine rings is 1. The molecule has 0 spiro atoms. The maximum absolute atomic E-state index is 12.7. The Morgan fingerprint density at radius 1 is 1.15 bits per heavy atom. The minimum atomic E-state index is -0.491. The Morgan fingerprint density at radius 2 is 1.91 bits per heavy atom. The lowest BCUT2D eigenvalue weighted by Gasteiger charge is -2.34. The summed E-state index contributed by atoms with van der Waals surface area (Å²) in [5.74, 6) is 0.648. The quantitative estimate of drug-likeness (QED) is 0.288. The van der Waals surface area contributed by atoms with Gasteiger partial charge < -0.3 is 19.5 Å². The van der Waals surface area contributed by atoms with Crippen LogP contribution in [0.3, 0.4) is 0 Å². The highest BCUT2D eigenvalue weighted by Crippen LogP contribution is 2.28. The number of rotatable bonds is 8. The normalized spacial score (nSPS) is 13.7. The zero-order valence-corrected chi connectivity index (χ0v) is 19.0. The van der Waals surface area contributed by atoms with Crippen molar-refractivity contribution in [2.45, 2.75) is 10.9 Å². The molecule has 3 heterocycles. The van der Waals surface area contributed by atoms with Gasteiger partial charge >= 0.3 is 0 Å². The van der Waals surface area contributed by atoms with E-state index in [1.165, 1.54) is 47.4 Å². The fraction of sp³-hybridized carbons (Fsp3) is 0.300. The Hall–Kier alpha value is -3.45. The molecule has 4 rings (SSSR count). The van der Waals surface area contributed by atoms with E-state index in [0.29, 0.717) is 48.4 Å². The van der Waals surface area contributed by atoms with Crippen LogP contribution < -0.4 is 10.2 Å². The number of thioether (sulfide) groups is 1. The number of anilines is 1. The van der Waals surface area contributed by atoms with E-state index >= 15 is 0 Å². The molecule has 0 aliphatic carbocycles. The summed E-state index contributed by atoms with van der Waals surface area (Å²) in [6.45, 7) is 2.56. The fourth-order valence-corrected chi connectivity index (χ4v) is 4.90. The highest BCUT2D eigenvalue weighted by Gasteiger charge is 2.24. The topological polar surface area (TPSA) is 135 Å². The summed E-state index contributed by atoms with van der Waals surface area (Å²) < 4.78 is 5.88. The van der Waals surface area contributed by atoms with E-state index in [4.69, 9.17) is 4.42 Å². The number of aromatic nitrogens is 2. The third-order valence-corrected chi connectivity index (χ3v) is 7.04. The van der Waals surface area contributed by atoms with Crippen LogP contribution in [-0.4, -0.2) is 63.8 Å². The van der Waals surface area contributed by atoms with Gasteiger partial charge in [-0.1, -0.05) is 23.1 Å². The lowest BCUT2D eigenvalue weighted by Crippen LogP contribution is -2.48. The number of carbonyl (C=O) groups excluding carboxylic acids is 2. The van der Waals surface area contributed by atoms with Gasteiger partial charge in [-0.05, 0) is 24.3 Å². The maximum atomic E-state index is 12.7. The largest absolute Gasteiger partial charge is 0.467 e. The van der Waals surface area contributed by atoms with Crippen LogP contribution >= 0.6 is 23.1 Å². The van der Waals surface area contributed by atoms with Crippen molar-refractivity contribution < 1.29 is 18.9 Å². The zero-order chi connectivity index (χ0) is 23.2. The minimum Gasteiger partial charge on any atom is -0.467 e. The molecule has 13 heteroatoms. The first-order chi connectivity index (χ1) is 16.0. The standard InChI is InChI=1S/C20H20N6O5S2/c27-17(21-12-16-2-1-11-31-16)13-32-20-23-22-19(33-20)25-9-7-24(8-10-25)18(28)14-3-5-15(6-4-14)26(29)30/h1-6,11H,7-10,12-13H2,(H,21,27). The molecule has 33 heavy (non-hydrogen) atoms. The molecule has 3 aromatic rings. The van der Waals surface area contributed by atoms with Gasteiger partial charge in [-0.25, -0.2) is 0 Å². The number of furan rings is 1. The summed E-state index contributed by atoms with van der Waals surface area (Å²) >= 11 is 2.73. The second kappa shape index (κ2) is 10.4. The first-order valence-electron chi connectivity index (χ1n) is 10.0.